The number of benzene rings is 2. The van der Waals surface area contributed by atoms with E-state index in [-0.39, 0.29) is 24.9 Å². The topological polar surface area (TPSA) is 41.6 Å². The van der Waals surface area contributed by atoms with Crippen molar-refractivity contribution in [1.82, 2.24) is 4.90 Å². The van der Waals surface area contributed by atoms with Gasteiger partial charge < -0.3 is 4.74 Å². The van der Waals surface area contributed by atoms with E-state index in [9.17, 15) is 18.0 Å². The molecule has 0 aliphatic carbocycles. The molecular weight excluding hydrogens is 440 g/mol. The van der Waals surface area contributed by atoms with Crippen LogP contribution in [0.4, 0.5) is 23.7 Å². The van der Waals surface area contributed by atoms with Gasteiger partial charge in [0.25, 0.3) is 0 Å². The summed E-state index contributed by atoms with van der Waals surface area (Å²) in [4.78, 5) is 13.7. The van der Waals surface area contributed by atoms with Crippen LogP contribution in [0.3, 0.4) is 0 Å². The van der Waals surface area contributed by atoms with Crippen molar-refractivity contribution in [1.29, 1.82) is 0 Å². The van der Waals surface area contributed by atoms with Gasteiger partial charge in [0.05, 0.1) is 0 Å². The van der Waals surface area contributed by atoms with E-state index >= 15 is 0 Å². The van der Waals surface area contributed by atoms with E-state index in [4.69, 9.17) is 16.3 Å². The highest BCUT2D eigenvalue weighted by atomic mass is 35.5. The van der Waals surface area contributed by atoms with E-state index in [0.29, 0.717) is 23.8 Å². The van der Waals surface area contributed by atoms with Crippen LogP contribution in [-0.4, -0.2) is 42.9 Å². The highest BCUT2D eigenvalue weighted by Crippen LogP contribution is 2.30. The lowest BCUT2D eigenvalue weighted by atomic mass is 9.90. The molecule has 1 fully saturated rings. The first-order valence-corrected chi connectivity index (χ1v) is 9.76. The zero-order valence-electron chi connectivity index (χ0n) is 16.1. The number of hydrogen-bond acceptors (Lipinski definition) is 3. The lowest BCUT2D eigenvalue weighted by Gasteiger charge is -2.35. The molecule has 0 unspecified atom stereocenters. The molecule has 0 spiro atoms. The molecular formula is C21H23Cl2F3N2O2. The smallest absolute Gasteiger partial charge is 0.426 e. The Hall–Kier alpha value is -1.96. The monoisotopic (exact) mass is 462 g/mol. The van der Waals surface area contributed by atoms with Gasteiger partial charge in [0.2, 0.25) is 6.10 Å². The summed E-state index contributed by atoms with van der Waals surface area (Å²) < 4.78 is 45.2. The van der Waals surface area contributed by atoms with Crippen LogP contribution >= 0.6 is 24.0 Å². The number of ether oxygens (including phenoxy) is 1. The fraction of sp³-hybridized carbons (Fsp3) is 0.381. The maximum atomic E-state index is 13.5. The van der Waals surface area contributed by atoms with Crippen LogP contribution in [-0.2, 0) is 4.74 Å². The molecule has 3 rings (SSSR count). The lowest BCUT2D eigenvalue weighted by Crippen LogP contribution is -2.47. The van der Waals surface area contributed by atoms with Crippen molar-refractivity contribution in [2.45, 2.75) is 31.0 Å². The zero-order valence-corrected chi connectivity index (χ0v) is 17.6. The van der Waals surface area contributed by atoms with Crippen molar-refractivity contribution in [3.63, 3.8) is 0 Å². The highest BCUT2D eigenvalue weighted by Gasteiger charge is 2.44. The van der Waals surface area contributed by atoms with Crippen LogP contribution in [0.2, 0.25) is 5.02 Å². The number of likely N-dealkylation sites (tertiary alicyclic amines) is 1. The van der Waals surface area contributed by atoms with E-state index < -0.39 is 18.4 Å². The Kier molecular flexibility index (Phi) is 8.82. The second-order valence-electron chi connectivity index (χ2n) is 7.08. The number of nitrogens with zero attached hydrogens (tertiary/aromatic N) is 1. The molecule has 2 aromatic carbocycles. The predicted molar refractivity (Wildman–Crippen MR) is 114 cm³/mol. The molecule has 1 heterocycles. The quantitative estimate of drug-likeness (QED) is 0.581. The molecule has 1 aliphatic heterocycles. The standard InChI is InChI=1S/C21H22ClF3N2O2.ClH/c22-17-8-10-18(11-9-17)26-20(28)29-19(21(23,24)25)14-27-12-4-7-16(13-27)15-5-2-1-3-6-15;/h1-3,5-6,8-11,16,19H,4,7,12-14H2,(H,26,28);1H/t16-,19+;/m0./s1. The Morgan fingerprint density at radius 3 is 2.47 bits per heavy atom. The molecule has 1 amide bonds. The normalized spacial score (nSPS) is 18.2. The van der Waals surface area contributed by atoms with Crippen molar-refractivity contribution in [2.75, 3.05) is 25.0 Å². The minimum atomic E-state index is -4.66. The van der Waals surface area contributed by atoms with Gasteiger partial charge >= 0.3 is 12.3 Å². The van der Waals surface area contributed by atoms with Gasteiger partial charge in [0.1, 0.15) is 0 Å². The number of alkyl halides is 3. The Balaban J connectivity index is 0.00000320. The molecule has 164 valence electrons. The fourth-order valence-corrected chi connectivity index (χ4v) is 3.60. The van der Waals surface area contributed by atoms with Crippen LogP contribution in [0.25, 0.3) is 0 Å². The number of nitrogens with one attached hydrogen (secondary N) is 1. The summed E-state index contributed by atoms with van der Waals surface area (Å²) in [5, 5.41) is 2.76. The molecule has 4 nitrogen and oxygen atoms in total. The lowest BCUT2D eigenvalue weighted by molar-refractivity contribution is -0.207. The zero-order chi connectivity index (χ0) is 20.9. The summed E-state index contributed by atoms with van der Waals surface area (Å²) in [7, 11) is 0. The van der Waals surface area contributed by atoms with Gasteiger partial charge in [0.15, 0.2) is 0 Å². The Morgan fingerprint density at radius 1 is 1.17 bits per heavy atom. The number of rotatable bonds is 5. The second-order valence-corrected chi connectivity index (χ2v) is 7.51. The second kappa shape index (κ2) is 10.9. The van der Waals surface area contributed by atoms with Crippen molar-refractivity contribution < 1.29 is 22.7 Å². The molecule has 30 heavy (non-hydrogen) atoms. The third kappa shape index (κ3) is 7.07. The minimum absolute atomic E-state index is 0. The summed E-state index contributed by atoms with van der Waals surface area (Å²) in [5.74, 6) is 0.168. The van der Waals surface area contributed by atoms with Gasteiger partial charge in [-0.3, -0.25) is 10.2 Å². The first-order chi connectivity index (χ1) is 13.8. The van der Waals surface area contributed by atoms with Crippen LogP contribution in [0, 0.1) is 0 Å². The molecule has 2 atom stereocenters. The van der Waals surface area contributed by atoms with Crippen molar-refractivity contribution in [3.05, 3.63) is 65.2 Å². The molecule has 2 aromatic rings. The third-order valence-electron chi connectivity index (χ3n) is 4.91. The number of halogens is 5. The Morgan fingerprint density at radius 2 is 1.83 bits per heavy atom. The average molecular weight is 463 g/mol. The predicted octanol–water partition coefficient (Wildman–Crippen LogP) is 6.12. The van der Waals surface area contributed by atoms with Gasteiger partial charge in [-0.15, -0.1) is 12.4 Å². The summed E-state index contributed by atoms with van der Waals surface area (Å²) in [6.07, 6.45) is -6.29. The first-order valence-electron chi connectivity index (χ1n) is 9.38. The summed E-state index contributed by atoms with van der Waals surface area (Å²) in [5.41, 5.74) is 1.42. The molecule has 0 saturated carbocycles. The molecule has 0 bridgehead atoms. The molecule has 1 saturated heterocycles. The van der Waals surface area contributed by atoms with E-state index in [0.717, 1.165) is 18.4 Å². The number of carbonyl (C=O) groups is 1. The molecule has 0 radical (unpaired) electrons. The molecule has 1 N–H and O–H groups in total. The van der Waals surface area contributed by atoms with Crippen LogP contribution in [0.5, 0.6) is 0 Å². The van der Waals surface area contributed by atoms with Crippen molar-refractivity contribution >= 4 is 35.8 Å². The van der Waals surface area contributed by atoms with Gasteiger partial charge in [-0.25, -0.2) is 4.79 Å². The number of carbonyl (C=O) groups excluding carboxylic acids is 1. The Labute approximate surface area is 184 Å². The van der Waals surface area contributed by atoms with Gasteiger partial charge in [-0.1, -0.05) is 41.9 Å². The van der Waals surface area contributed by atoms with Gasteiger partial charge in [-0.2, -0.15) is 13.2 Å². The van der Waals surface area contributed by atoms with Gasteiger partial charge in [-0.05, 0) is 55.1 Å². The van der Waals surface area contributed by atoms with Crippen LogP contribution < -0.4 is 5.32 Å². The molecule has 9 heteroatoms. The van der Waals surface area contributed by atoms with E-state index in [2.05, 4.69) is 5.32 Å². The van der Waals surface area contributed by atoms with Crippen molar-refractivity contribution in [2.24, 2.45) is 0 Å². The summed E-state index contributed by atoms with van der Waals surface area (Å²) in [6.45, 7) is 0.651. The molecule has 1 aliphatic rings. The number of anilines is 1. The minimum Gasteiger partial charge on any atom is -0.435 e. The summed E-state index contributed by atoms with van der Waals surface area (Å²) in [6, 6.07) is 15.8. The van der Waals surface area contributed by atoms with E-state index in [1.165, 1.54) is 24.3 Å². The van der Waals surface area contributed by atoms with Crippen LogP contribution in [0.15, 0.2) is 54.6 Å². The number of piperidine rings is 1. The number of hydrogen-bond donors (Lipinski definition) is 1. The fourth-order valence-electron chi connectivity index (χ4n) is 3.47. The SMILES string of the molecule is Cl.O=C(Nc1ccc(Cl)cc1)O[C@H](CN1CCC[C@H](c2ccccc2)C1)C(F)(F)F. The Bertz CT molecular complexity index is 804. The number of amides is 1. The maximum Gasteiger partial charge on any atom is 0.426 e. The van der Waals surface area contributed by atoms with E-state index in [1.807, 2.05) is 30.3 Å². The average Bonchev–Trinajstić information content (AvgIpc) is 2.69. The van der Waals surface area contributed by atoms with Gasteiger partial charge in [0, 0.05) is 23.8 Å². The molecule has 0 aromatic heterocycles. The van der Waals surface area contributed by atoms with E-state index in [1.54, 1.807) is 4.90 Å². The highest BCUT2D eigenvalue weighted by molar-refractivity contribution is 6.30. The third-order valence-corrected chi connectivity index (χ3v) is 5.16. The summed E-state index contributed by atoms with van der Waals surface area (Å²) >= 11 is 5.76. The largest absolute Gasteiger partial charge is 0.435 e. The first kappa shape index (κ1) is 24.3. The van der Waals surface area contributed by atoms with Crippen LogP contribution in [0.1, 0.15) is 24.3 Å². The maximum absolute atomic E-state index is 13.5. The van der Waals surface area contributed by atoms with Crippen molar-refractivity contribution in [3.8, 4) is 0 Å².